The number of nitrogens with zero attached hydrogens (tertiary/aromatic N) is 1. The number of piperidine rings is 1. The van der Waals surface area contributed by atoms with Crippen LogP contribution in [0.4, 0.5) is 5.69 Å². The quantitative estimate of drug-likeness (QED) is 0.567. The number of para-hydroxylation sites is 1. The van der Waals surface area contributed by atoms with E-state index < -0.39 is 11.8 Å². The number of rotatable bonds is 7. The van der Waals surface area contributed by atoms with Crippen molar-refractivity contribution in [1.29, 1.82) is 0 Å². The molecule has 0 aromatic heterocycles. The second kappa shape index (κ2) is 10.5. The molecule has 0 spiro atoms. The second-order valence-electron chi connectivity index (χ2n) is 8.36. The largest absolute Gasteiger partial charge is 0.348 e. The van der Waals surface area contributed by atoms with Gasteiger partial charge in [0.15, 0.2) is 0 Å². The van der Waals surface area contributed by atoms with Crippen LogP contribution < -0.4 is 10.6 Å². The van der Waals surface area contributed by atoms with E-state index in [4.69, 9.17) is 0 Å². The molecule has 150 valence electrons. The van der Waals surface area contributed by atoms with Crippen molar-refractivity contribution in [3.8, 4) is 0 Å². The second-order valence-corrected chi connectivity index (χ2v) is 8.36. The van der Waals surface area contributed by atoms with Crippen molar-refractivity contribution in [2.24, 2.45) is 11.8 Å². The summed E-state index contributed by atoms with van der Waals surface area (Å²) in [4.78, 5) is 26.7. The molecule has 1 aliphatic heterocycles. The SMILES string of the molecule is CC1CC(C)CN(CCCCNC(=O)C(=O)Nc2ccccc2C(C)C)C1. The molecule has 2 atom stereocenters. The van der Waals surface area contributed by atoms with Crippen molar-refractivity contribution in [1.82, 2.24) is 10.2 Å². The Balaban J connectivity index is 1.68. The average Bonchev–Trinajstić information content (AvgIpc) is 2.60. The number of anilines is 1. The van der Waals surface area contributed by atoms with Crippen molar-refractivity contribution in [2.45, 2.75) is 52.9 Å². The van der Waals surface area contributed by atoms with Gasteiger partial charge in [-0.15, -0.1) is 0 Å². The van der Waals surface area contributed by atoms with Crippen LogP contribution in [0.15, 0.2) is 24.3 Å². The van der Waals surface area contributed by atoms with Crippen LogP contribution in [0.3, 0.4) is 0 Å². The third kappa shape index (κ3) is 6.98. The number of nitrogens with one attached hydrogen (secondary N) is 2. The highest BCUT2D eigenvalue weighted by molar-refractivity contribution is 6.39. The predicted octanol–water partition coefficient (Wildman–Crippen LogP) is 3.62. The molecule has 2 unspecified atom stereocenters. The first-order valence-corrected chi connectivity index (χ1v) is 10.3. The highest BCUT2D eigenvalue weighted by Gasteiger charge is 2.21. The molecule has 2 N–H and O–H groups in total. The van der Waals surface area contributed by atoms with Gasteiger partial charge in [0.1, 0.15) is 0 Å². The van der Waals surface area contributed by atoms with Crippen molar-refractivity contribution in [3.05, 3.63) is 29.8 Å². The maximum atomic E-state index is 12.1. The number of hydrogen-bond donors (Lipinski definition) is 2. The van der Waals surface area contributed by atoms with E-state index in [2.05, 4.69) is 43.2 Å². The molecule has 2 rings (SSSR count). The van der Waals surface area contributed by atoms with E-state index in [0.717, 1.165) is 36.8 Å². The molecule has 1 aromatic carbocycles. The topological polar surface area (TPSA) is 61.4 Å². The van der Waals surface area contributed by atoms with Crippen molar-refractivity contribution < 1.29 is 9.59 Å². The van der Waals surface area contributed by atoms with Crippen LogP contribution in [-0.4, -0.2) is 42.9 Å². The minimum absolute atomic E-state index is 0.282. The van der Waals surface area contributed by atoms with Crippen LogP contribution >= 0.6 is 0 Å². The smallest absolute Gasteiger partial charge is 0.313 e. The van der Waals surface area contributed by atoms with Crippen LogP contribution in [0.2, 0.25) is 0 Å². The lowest BCUT2D eigenvalue weighted by molar-refractivity contribution is -0.136. The molecule has 1 heterocycles. The van der Waals surface area contributed by atoms with Gasteiger partial charge in [-0.3, -0.25) is 9.59 Å². The van der Waals surface area contributed by atoms with Crippen LogP contribution in [0.25, 0.3) is 0 Å². The highest BCUT2D eigenvalue weighted by Crippen LogP contribution is 2.23. The van der Waals surface area contributed by atoms with Gasteiger partial charge in [0.2, 0.25) is 0 Å². The molecule has 0 aliphatic carbocycles. The summed E-state index contributed by atoms with van der Waals surface area (Å²) in [5.41, 5.74) is 1.74. The summed E-state index contributed by atoms with van der Waals surface area (Å²) in [6.07, 6.45) is 3.25. The molecule has 1 aromatic rings. The molecule has 1 aliphatic rings. The van der Waals surface area contributed by atoms with E-state index in [0.29, 0.717) is 12.2 Å². The molecule has 0 saturated carbocycles. The Kier molecular flexibility index (Phi) is 8.29. The molecule has 1 saturated heterocycles. The average molecular weight is 374 g/mol. The van der Waals surface area contributed by atoms with E-state index in [9.17, 15) is 9.59 Å². The van der Waals surface area contributed by atoms with Gasteiger partial charge in [-0.2, -0.15) is 0 Å². The third-order valence-corrected chi connectivity index (χ3v) is 5.17. The van der Waals surface area contributed by atoms with E-state index in [1.54, 1.807) is 0 Å². The van der Waals surface area contributed by atoms with Gasteiger partial charge >= 0.3 is 11.8 Å². The van der Waals surface area contributed by atoms with Gasteiger partial charge < -0.3 is 15.5 Å². The van der Waals surface area contributed by atoms with E-state index in [-0.39, 0.29) is 5.92 Å². The first kappa shape index (κ1) is 21.4. The van der Waals surface area contributed by atoms with Gasteiger partial charge in [-0.25, -0.2) is 0 Å². The number of benzene rings is 1. The lowest BCUT2D eigenvalue weighted by Crippen LogP contribution is -2.39. The van der Waals surface area contributed by atoms with E-state index in [1.165, 1.54) is 19.5 Å². The molecule has 1 fully saturated rings. The van der Waals surface area contributed by atoms with Gasteiger partial charge in [0.05, 0.1) is 0 Å². The highest BCUT2D eigenvalue weighted by atomic mass is 16.2. The van der Waals surface area contributed by atoms with Gasteiger partial charge in [0, 0.05) is 25.3 Å². The van der Waals surface area contributed by atoms with Crippen LogP contribution in [0.5, 0.6) is 0 Å². The number of likely N-dealkylation sites (tertiary alicyclic amines) is 1. The van der Waals surface area contributed by atoms with Crippen LogP contribution in [-0.2, 0) is 9.59 Å². The molecule has 2 amide bonds. The Morgan fingerprint density at radius 3 is 2.41 bits per heavy atom. The lowest BCUT2D eigenvalue weighted by Gasteiger charge is -2.34. The standard InChI is InChI=1S/C22H35N3O2/c1-16(2)19-9-5-6-10-20(19)24-22(27)21(26)23-11-7-8-12-25-14-17(3)13-18(4)15-25/h5-6,9-10,16-18H,7-8,11-15H2,1-4H3,(H,23,26)(H,24,27). The molecule has 27 heavy (non-hydrogen) atoms. The normalized spacial score (nSPS) is 20.5. The molecule has 0 bridgehead atoms. The van der Waals surface area contributed by atoms with Gasteiger partial charge in [-0.05, 0) is 55.2 Å². The lowest BCUT2D eigenvalue weighted by atomic mass is 9.92. The third-order valence-electron chi connectivity index (χ3n) is 5.17. The predicted molar refractivity (Wildman–Crippen MR) is 111 cm³/mol. The number of carbonyl (C=O) groups is 2. The summed E-state index contributed by atoms with van der Waals surface area (Å²) in [5, 5.41) is 5.47. The molecule has 0 radical (unpaired) electrons. The summed E-state index contributed by atoms with van der Waals surface area (Å²) in [5.74, 6) is 0.664. The molecule has 5 heteroatoms. The minimum Gasteiger partial charge on any atom is -0.348 e. The van der Waals surface area contributed by atoms with E-state index in [1.807, 2.05) is 24.3 Å². The monoisotopic (exact) mass is 373 g/mol. The Morgan fingerprint density at radius 2 is 1.74 bits per heavy atom. The number of hydrogen-bond acceptors (Lipinski definition) is 3. The van der Waals surface area contributed by atoms with Crippen molar-refractivity contribution in [2.75, 3.05) is 31.5 Å². The van der Waals surface area contributed by atoms with E-state index >= 15 is 0 Å². The number of amides is 2. The minimum atomic E-state index is -0.596. The Bertz CT molecular complexity index is 620. The Morgan fingerprint density at radius 1 is 1.07 bits per heavy atom. The van der Waals surface area contributed by atoms with Crippen LogP contribution in [0.1, 0.15) is 58.4 Å². The zero-order valence-corrected chi connectivity index (χ0v) is 17.3. The zero-order valence-electron chi connectivity index (χ0n) is 17.3. The number of unbranched alkanes of at least 4 members (excludes halogenated alkanes) is 1. The first-order chi connectivity index (χ1) is 12.9. The maximum absolute atomic E-state index is 12.1. The van der Waals surface area contributed by atoms with Crippen LogP contribution in [0, 0.1) is 11.8 Å². The van der Waals surface area contributed by atoms with Gasteiger partial charge in [-0.1, -0.05) is 45.9 Å². The Labute approximate surface area is 163 Å². The number of carbonyl (C=O) groups excluding carboxylic acids is 2. The summed E-state index contributed by atoms with van der Waals surface area (Å²) >= 11 is 0. The molecule has 5 nitrogen and oxygen atoms in total. The fraction of sp³-hybridized carbons (Fsp3) is 0.636. The fourth-order valence-electron chi connectivity index (χ4n) is 4.01. The van der Waals surface area contributed by atoms with Crippen molar-refractivity contribution >= 4 is 17.5 Å². The zero-order chi connectivity index (χ0) is 19.8. The van der Waals surface area contributed by atoms with Crippen molar-refractivity contribution in [3.63, 3.8) is 0 Å². The first-order valence-electron chi connectivity index (χ1n) is 10.3. The summed E-state index contributed by atoms with van der Waals surface area (Å²) in [6.45, 7) is 12.7. The summed E-state index contributed by atoms with van der Waals surface area (Å²) in [7, 11) is 0. The summed E-state index contributed by atoms with van der Waals surface area (Å²) in [6, 6.07) is 7.61. The molecular formula is C22H35N3O2. The Hall–Kier alpha value is -1.88. The molecular weight excluding hydrogens is 338 g/mol. The van der Waals surface area contributed by atoms with Gasteiger partial charge in [0.25, 0.3) is 0 Å². The summed E-state index contributed by atoms with van der Waals surface area (Å²) < 4.78 is 0. The fourth-order valence-corrected chi connectivity index (χ4v) is 4.01. The maximum Gasteiger partial charge on any atom is 0.313 e.